The normalized spacial score (nSPS) is 9.43. The highest BCUT2D eigenvalue weighted by atomic mass is 35.5. The minimum absolute atomic E-state index is 0.614. The molecule has 0 N–H and O–H groups in total. The lowest BCUT2D eigenvalue weighted by Crippen LogP contribution is -1.85. The number of ether oxygens (including phenoxy) is 1. The van der Waals surface area contributed by atoms with Crippen LogP contribution in [0.3, 0.4) is 0 Å². The minimum Gasteiger partial charge on any atom is -0.457 e. The molecule has 0 amide bonds. The number of carbonyl (C=O) groups excluding carboxylic acids is 1. The van der Waals surface area contributed by atoms with Gasteiger partial charge in [0.2, 0.25) is 0 Å². The average Bonchev–Trinajstić information content (AvgIpc) is 2.54. The predicted molar refractivity (Wildman–Crippen MR) is 88.6 cm³/mol. The van der Waals surface area contributed by atoms with Crippen LogP contribution in [0.2, 0.25) is 0 Å². The van der Waals surface area contributed by atoms with Crippen molar-refractivity contribution < 1.29 is 9.53 Å². The summed E-state index contributed by atoms with van der Waals surface area (Å²) in [4.78, 5) is 10.6. The van der Waals surface area contributed by atoms with Gasteiger partial charge in [-0.1, -0.05) is 50.1 Å². The van der Waals surface area contributed by atoms with Crippen molar-refractivity contribution in [1.29, 1.82) is 0 Å². The largest absolute Gasteiger partial charge is 0.457 e. The Morgan fingerprint density at radius 1 is 1.00 bits per heavy atom. The Bertz CT molecular complexity index is 508. The molecule has 0 aromatic heterocycles. The van der Waals surface area contributed by atoms with Crippen molar-refractivity contribution in [2.75, 3.05) is 5.88 Å². The molecule has 2 aromatic carbocycles. The molecule has 3 heteroatoms. The first-order valence-corrected chi connectivity index (χ1v) is 7.67. The van der Waals surface area contributed by atoms with Crippen LogP contribution in [-0.2, 0) is 0 Å². The first kappa shape index (κ1) is 17.3. The van der Waals surface area contributed by atoms with Gasteiger partial charge < -0.3 is 4.74 Å². The monoisotopic (exact) mass is 304 g/mol. The number of benzene rings is 2. The number of hydrogen-bond acceptors (Lipinski definition) is 2. The van der Waals surface area contributed by atoms with E-state index in [9.17, 15) is 4.79 Å². The second-order valence-corrected chi connectivity index (χ2v) is 4.88. The highest BCUT2D eigenvalue weighted by Crippen LogP contribution is 2.20. The fourth-order valence-electron chi connectivity index (χ4n) is 1.62. The molecule has 0 spiro atoms. The highest BCUT2D eigenvalue weighted by Gasteiger charge is 1.97. The Morgan fingerprint density at radius 3 is 2.29 bits per heavy atom. The van der Waals surface area contributed by atoms with Crippen LogP contribution in [0.1, 0.15) is 36.5 Å². The quantitative estimate of drug-likeness (QED) is 0.388. The molecule has 2 nitrogen and oxygen atoms in total. The summed E-state index contributed by atoms with van der Waals surface area (Å²) in [5, 5.41) is 0. The molecule has 0 radical (unpaired) electrons. The third kappa shape index (κ3) is 7.52. The molecule has 0 fully saturated rings. The molecular weight excluding hydrogens is 284 g/mol. The van der Waals surface area contributed by atoms with Gasteiger partial charge in [-0.25, -0.2) is 0 Å². The summed E-state index contributed by atoms with van der Waals surface area (Å²) >= 11 is 5.38. The Hall–Kier alpha value is -1.80. The molecule has 0 aliphatic heterocycles. The predicted octanol–water partition coefficient (Wildman–Crippen LogP) is 5.71. The van der Waals surface area contributed by atoms with Crippen molar-refractivity contribution in [1.82, 2.24) is 0 Å². The average molecular weight is 305 g/mol. The van der Waals surface area contributed by atoms with Crippen LogP contribution in [-0.4, -0.2) is 12.2 Å². The lowest BCUT2D eigenvalue weighted by atomic mass is 10.2. The number of hydrogen-bond donors (Lipinski definition) is 0. The first-order chi connectivity index (χ1) is 10.3. The molecule has 0 saturated heterocycles. The van der Waals surface area contributed by atoms with E-state index in [-0.39, 0.29) is 0 Å². The van der Waals surface area contributed by atoms with E-state index >= 15 is 0 Å². The summed E-state index contributed by atoms with van der Waals surface area (Å²) in [5.41, 5.74) is 0.614. The maximum atomic E-state index is 10.6. The zero-order valence-corrected chi connectivity index (χ0v) is 13.1. The number of carbonyl (C=O) groups is 1. The topological polar surface area (TPSA) is 26.3 Å². The van der Waals surface area contributed by atoms with Crippen LogP contribution < -0.4 is 4.74 Å². The Kier molecular flexibility index (Phi) is 8.98. The van der Waals surface area contributed by atoms with Crippen LogP contribution in [0.4, 0.5) is 0 Å². The Labute approximate surface area is 131 Å². The Balaban J connectivity index is 0.000000315. The minimum atomic E-state index is 0.614. The van der Waals surface area contributed by atoms with Gasteiger partial charge in [0.15, 0.2) is 0 Å². The molecule has 21 heavy (non-hydrogen) atoms. The lowest BCUT2D eigenvalue weighted by molar-refractivity contribution is 0.112. The third-order valence-corrected chi connectivity index (χ3v) is 2.98. The molecule has 2 aromatic rings. The van der Waals surface area contributed by atoms with Crippen molar-refractivity contribution in [3.05, 3.63) is 60.2 Å². The van der Waals surface area contributed by atoms with Crippen molar-refractivity contribution in [2.24, 2.45) is 0 Å². The van der Waals surface area contributed by atoms with Crippen molar-refractivity contribution in [3.63, 3.8) is 0 Å². The van der Waals surface area contributed by atoms with Crippen molar-refractivity contribution in [2.45, 2.75) is 26.2 Å². The molecule has 0 unspecified atom stereocenters. The number of rotatable bonds is 6. The van der Waals surface area contributed by atoms with E-state index in [2.05, 4.69) is 6.92 Å². The van der Waals surface area contributed by atoms with E-state index < -0.39 is 0 Å². The molecular formula is C18H21ClO2. The van der Waals surface area contributed by atoms with Crippen molar-refractivity contribution in [3.8, 4) is 11.5 Å². The molecule has 0 saturated carbocycles. The fraction of sp³-hybridized carbons (Fsp3) is 0.278. The second-order valence-electron chi connectivity index (χ2n) is 4.50. The van der Waals surface area contributed by atoms with Crippen LogP contribution >= 0.6 is 11.6 Å². The number of halogens is 1. The van der Waals surface area contributed by atoms with Gasteiger partial charge in [0.1, 0.15) is 17.8 Å². The van der Waals surface area contributed by atoms with Gasteiger partial charge in [0.05, 0.1) is 0 Å². The van der Waals surface area contributed by atoms with Gasteiger partial charge in [-0.15, -0.1) is 11.6 Å². The van der Waals surface area contributed by atoms with Crippen LogP contribution in [0.5, 0.6) is 11.5 Å². The SMILES string of the molecule is CCCCCCl.O=Cc1cccc(Oc2ccccc2)c1. The highest BCUT2D eigenvalue weighted by molar-refractivity contribution is 6.17. The fourth-order valence-corrected chi connectivity index (χ4v) is 1.81. The van der Waals surface area contributed by atoms with E-state index in [1.807, 2.05) is 36.4 Å². The number of aldehydes is 1. The maximum absolute atomic E-state index is 10.6. The van der Waals surface area contributed by atoms with Gasteiger partial charge in [-0.3, -0.25) is 4.79 Å². The van der Waals surface area contributed by atoms with Crippen LogP contribution in [0, 0.1) is 0 Å². The molecule has 0 aliphatic carbocycles. The summed E-state index contributed by atoms with van der Waals surface area (Å²) in [5.74, 6) is 2.26. The summed E-state index contributed by atoms with van der Waals surface area (Å²) < 4.78 is 5.56. The molecule has 0 bridgehead atoms. The second kappa shape index (κ2) is 10.9. The van der Waals surface area contributed by atoms with Crippen molar-refractivity contribution >= 4 is 17.9 Å². The number of unbranched alkanes of at least 4 members (excludes halogenated alkanes) is 2. The van der Waals surface area contributed by atoms with E-state index in [0.717, 1.165) is 17.9 Å². The number of alkyl halides is 1. The molecule has 0 aliphatic rings. The van der Waals surface area contributed by atoms with Crippen LogP contribution in [0.15, 0.2) is 54.6 Å². The summed E-state index contributed by atoms with van der Waals surface area (Å²) in [6.45, 7) is 2.17. The molecule has 0 atom stereocenters. The first-order valence-electron chi connectivity index (χ1n) is 7.14. The van der Waals surface area contributed by atoms with E-state index in [1.54, 1.807) is 18.2 Å². The zero-order valence-electron chi connectivity index (χ0n) is 12.3. The summed E-state index contributed by atoms with van der Waals surface area (Å²) in [6.07, 6.45) is 4.53. The standard InChI is InChI=1S/C13H10O2.C5H11Cl/c14-10-11-5-4-8-13(9-11)15-12-6-2-1-3-7-12;1-2-3-4-5-6/h1-10H;2-5H2,1H3. The van der Waals surface area contributed by atoms with E-state index in [0.29, 0.717) is 11.3 Å². The molecule has 112 valence electrons. The van der Waals surface area contributed by atoms with E-state index in [1.165, 1.54) is 19.3 Å². The van der Waals surface area contributed by atoms with Gasteiger partial charge in [0.25, 0.3) is 0 Å². The van der Waals surface area contributed by atoms with Gasteiger partial charge >= 0.3 is 0 Å². The zero-order chi connectivity index (χ0) is 15.3. The van der Waals surface area contributed by atoms with Gasteiger partial charge in [0, 0.05) is 11.4 Å². The van der Waals surface area contributed by atoms with Gasteiger partial charge in [-0.05, 0) is 30.7 Å². The summed E-state index contributed by atoms with van der Waals surface area (Å²) in [7, 11) is 0. The smallest absolute Gasteiger partial charge is 0.150 e. The third-order valence-electron chi connectivity index (χ3n) is 2.71. The summed E-state index contributed by atoms with van der Waals surface area (Å²) in [6, 6.07) is 16.5. The van der Waals surface area contributed by atoms with Crippen LogP contribution in [0.25, 0.3) is 0 Å². The lowest BCUT2D eigenvalue weighted by Gasteiger charge is -2.04. The van der Waals surface area contributed by atoms with Gasteiger partial charge in [-0.2, -0.15) is 0 Å². The molecule has 2 rings (SSSR count). The number of para-hydroxylation sites is 1. The van der Waals surface area contributed by atoms with E-state index in [4.69, 9.17) is 16.3 Å². The molecule has 0 heterocycles. The maximum Gasteiger partial charge on any atom is 0.150 e. The Morgan fingerprint density at radius 2 is 1.71 bits per heavy atom.